The van der Waals surface area contributed by atoms with E-state index in [1.54, 1.807) is 6.20 Å². The monoisotopic (exact) mass is 434 g/mol. The van der Waals surface area contributed by atoms with Crippen molar-refractivity contribution in [2.75, 3.05) is 13.2 Å². The summed E-state index contributed by atoms with van der Waals surface area (Å²) in [5.41, 5.74) is 5.45. The number of aliphatic carboxylic acids is 1. The number of oxime groups is 1. The van der Waals surface area contributed by atoms with Gasteiger partial charge in [0.1, 0.15) is 12.4 Å². The van der Waals surface area contributed by atoms with Crippen molar-refractivity contribution in [1.29, 1.82) is 0 Å². The fourth-order valence-electron chi connectivity index (χ4n) is 4.66. The van der Waals surface area contributed by atoms with E-state index in [1.165, 1.54) is 24.8 Å². The number of pyridine rings is 1. The lowest BCUT2D eigenvalue weighted by atomic mass is 9.84. The van der Waals surface area contributed by atoms with Gasteiger partial charge in [0.05, 0.1) is 5.71 Å². The SMILES string of the molecule is O=C(O)COc1cccc2c1CCC=C2CCO/N=C(\c1cccnc1)C1CCCCC1. The Labute approximate surface area is 189 Å². The molecule has 0 saturated heterocycles. The molecule has 1 aromatic heterocycles. The first-order valence-corrected chi connectivity index (χ1v) is 11.5. The third-order valence-corrected chi connectivity index (χ3v) is 6.19. The normalized spacial score (nSPS) is 16.8. The second kappa shape index (κ2) is 10.9. The topological polar surface area (TPSA) is 81.0 Å². The van der Waals surface area contributed by atoms with Gasteiger partial charge in [-0.3, -0.25) is 4.98 Å². The van der Waals surface area contributed by atoms with Crippen molar-refractivity contribution in [1.82, 2.24) is 4.98 Å². The molecule has 168 valence electrons. The zero-order valence-electron chi connectivity index (χ0n) is 18.3. The number of benzene rings is 1. The minimum Gasteiger partial charge on any atom is -0.482 e. The number of carbonyl (C=O) groups is 1. The van der Waals surface area contributed by atoms with Gasteiger partial charge in [-0.25, -0.2) is 4.79 Å². The van der Waals surface area contributed by atoms with Gasteiger partial charge in [0, 0.05) is 35.9 Å². The standard InChI is InChI=1S/C26H30N2O4/c29-25(30)18-31-24-13-5-11-22-19(9-4-12-23(22)24)14-16-32-28-26(20-7-2-1-3-8-20)21-10-6-15-27-17-21/h5-6,9-11,13,15,17,20H,1-4,7-8,12,14,16,18H2,(H,29,30)/b28-26-. The highest BCUT2D eigenvalue weighted by atomic mass is 16.6. The van der Waals surface area contributed by atoms with Gasteiger partial charge in [0.15, 0.2) is 6.61 Å². The van der Waals surface area contributed by atoms with Crippen molar-refractivity contribution >= 4 is 17.3 Å². The fraction of sp³-hybridized carbons (Fsp3) is 0.423. The number of hydrogen-bond acceptors (Lipinski definition) is 5. The molecule has 0 spiro atoms. The Balaban J connectivity index is 1.42. The molecule has 32 heavy (non-hydrogen) atoms. The molecular formula is C26H30N2O4. The van der Waals surface area contributed by atoms with Crippen LogP contribution in [0, 0.1) is 5.92 Å². The van der Waals surface area contributed by atoms with Gasteiger partial charge in [-0.2, -0.15) is 0 Å². The van der Waals surface area contributed by atoms with Crippen LogP contribution in [0.1, 0.15) is 61.6 Å². The van der Waals surface area contributed by atoms with E-state index in [9.17, 15) is 4.79 Å². The summed E-state index contributed by atoms with van der Waals surface area (Å²) in [4.78, 5) is 21.0. The molecule has 0 radical (unpaired) electrons. The van der Waals surface area contributed by atoms with Gasteiger partial charge >= 0.3 is 5.97 Å². The average molecular weight is 435 g/mol. The summed E-state index contributed by atoms with van der Waals surface area (Å²) in [6, 6.07) is 9.83. The van der Waals surface area contributed by atoms with E-state index in [0.29, 0.717) is 18.3 Å². The number of carboxylic acids is 1. The molecule has 1 fully saturated rings. The molecule has 2 aliphatic carbocycles. The Hall–Kier alpha value is -3.15. The third-order valence-electron chi connectivity index (χ3n) is 6.19. The first kappa shape index (κ1) is 22.1. The van der Waals surface area contributed by atoms with Gasteiger partial charge in [-0.1, -0.05) is 42.6 Å². The number of carboxylic acid groups (broad SMARTS) is 1. The van der Waals surface area contributed by atoms with E-state index < -0.39 is 5.97 Å². The number of nitrogens with zero attached hydrogens (tertiary/aromatic N) is 2. The summed E-state index contributed by atoms with van der Waals surface area (Å²) in [6.45, 7) is 0.160. The molecule has 2 aliphatic rings. The van der Waals surface area contributed by atoms with Crippen LogP contribution in [-0.4, -0.2) is 35.0 Å². The number of rotatable bonds is 9. The Morgan fingerprint density at radius 2 is 2.03 bits per heavy atom. The van der Waals surface area contributed by atoms with Crippen LogP contribution in [-0.2, 0) is 16.1 Å². The van der Waals surface area contributed by atoms with Crippen molar-refractivity contribution in [2.24, 2.45) is 11.1 Å². The summed E-state index contributed by atoms with van der Waals surface area (Å²) >= 11 is 0. The van der Waals surface area contributed by atoms with Crippen LogP contribution < -0.4 is 4.74 Å². The van der Waals surface area contributed by atoms with E-state index in [1.807, 2.05) is 24.4 Å². The minimum atomic E-state index is -0.970. The third kappa shape index (κ3) is 5.55. The number of hydrogen-bond donors (Lipinski definition) is 1. The highest BCUT2D eigenvalue weighted by molar-refractivity contribution is 6.01. The summed E-state index contributed by atoms with van der Waals surface area (Å²) < 4.78 is 5.50. The Bertz CT molecular complexity index is 979. The summed E-state index contributed by atoms with van der Waals surface area (Å²) in [7, 11) is 0. The molecule has 1 heterocycles. The molecule has 0 aliphatic heterocycles. The fourth-order valence-corrected chi connectivity index (χ4v) is 4.66. The molecule has 6 heteroatoms. The summed E-state index contributed by atoms with van der Waals surface area (Å²) in [6.07, 6.45) is 14.4. The lowest BCUT2D eigenvalue weighted by Crippen LogP contribution is -2.19. The van der Waals surface area contributed by atoms with Gasteiger partial charge in [-0.15, -0.1) is 0 Å². The van der Waals surface area contributed by atoms with Gasteiger partial charge in [0.2, 0.25) is 0 Å². The predicted molar refractivity (Wildman–Crippen MR) is 124 cm³/mol. The molecule has 0 amide bonds. The van der Waals surface area contributed by atoms with Crippen LogP contribution in [0.15, 0.2) is 54.0 Å². The molecule has 2 aromatic rings. The number of allylic oxidation sites excluding steroid dienone is 1. The quantitative estimate of drug-likeness (QED) is 0.330. The Morgan fingerprint density at radius 1 is 1.16 bits per heavy atom. The molecule has 0 unspecified atom stereocenters. The van der Waals surface area contributed by atoms with E-state index >= 15 is 0 Å². The first-order valence-electron chi connectivity index (χ1n) is 11.5. The maximum Gasteiger partial charge on any atom is 0.341 e. The van der Waals surface area contributed by atoms with Crippen molar-refractivity contribution < 1.29 is 19.5 Å². The zero-order valence-corrected chi connectivity index (χ0v) is 18.3. The van der Waals surface area contributed by atoms with Crippen LogP contribution >= 0.6 is 0 Å². The average Bonchev–Trinajstić information content (AvgIpc) is 2.84. The van der Waals surface area contributed by atoms with E-state index in [2.05, 4.69) is 28.3 Å². The lowest BCUT2D eigenvalue weighted by Gasteiger charge is -2.23. The predicted octanol–water partition coefficient (Wildman–Crippen LogP) is 5.27. The van der Waals surface area contributed by atoms with Crippen LogP contribution in [0.3, 0.4) is 0 Å². The van der Waals surface area contributed by atoms with Crippen molar-refractivity contribution in [3.05, 3.63) is 65.5 Å². The molecular weight excluding hydrogens is 404 g/mol. The Kier molecular flexibility index (Phi) is 7.54. The maximum absolute atomic E-state index is 10.9. The molecule has 6 nitrogen and oxygen atoms in total. The number of fused-ring (bicyclic) bond motifs is 1. The van der Waals surface area contributed by atoms with Crippen molar-refractivity contribution in [3.8, 4) is 5.75 Å². The second-order valence-electron chi connectivity index (χ2n) is 8.37. The highest BCUT2D eigenvalue weighted by Crippen LogP contribution is 2.34. The van der Waals surface area contributed by atoms with E-state index in [4.69, 9.17) is 14.7 Å². The summed E-state index contributed by atoms with van der Waals surface area (Å²) in [5, 5.41) is 13.5. The summed E-state index contributed by atoms with van der Waals surface area (Å²) in [5.74, 6) is 0.116. The van der Waals surface area contributed by atoms with Crippen LogP contribution in [0.5, 0.6) is 5.75 Å². The van der Waals surface area contributed by atoms with Crippen molar-refractivity contribution in [3.63, 3.8) is 0 Å². The molecule has 1 N–H and O–H groups in total. The minimum absolute atomic E-state index is 0.328. The van der Waals surface area contributed by atoms with E-state index in [0.717, 1.165) is 54.5 Å². The van der Waals surface area contributed by atoms with Crippen molar-refractivity contribution in [2.45, 2.75) is 51.4 Å². The number of aromatic nitrogens is 1. The van der Waals surface area contributed by atoms with Crippen LogP contribution in [0.2, 0.25) is 0 Å². The molecule has 1 saturated carbocycles. The van der Waals surface area contributed by atoms with Gasteiger partial charge < -0.3 is 14.7 Å². The maximum atomic E-state index is 10.9. The largest absolute Gasteiger partial charge is 0.482 e. The zero-order chi connectivity index (χ0) is 22.2. The Morgan fingerprint density at radius 3 is 2.81 bits per heavy atom. The molecule has 4 rings (SSSR count). The second-order valence-corrected chi connectivity index (χ2v) is 8.37. The molecule has 0 atom stereocenters. The van der Waals surface area contributed by atoms with Crippen LogP contribution in [0.25, 0.3) is 5.57 Å². The lowest BCUT2D eigenvalue weighted by molar-refractivity contribution is -0.139. The van der Waals surface area contributed by atoms with Gasteiger partial charge in [0.25, 0.3) is 0 Å². The van der Waals surface area contributed by atoms with Gasteiger partial charge in [-0.05, 0) is 55.0 Å². The number of ether oxygens (including phenoxy) is 1. The molecule has 0 bridgehead atoms. The van der Waals surface area contributed by atoms with E-state index in [-0.39, 0.29) is 6.61 Å². The smallest absolute Gasteiger partial charge is 0.341 e. The first-order chi connectivity index (χ1) is 15.7. The highest BCUT2D eigenvalue weighted by Gasteiger charge is 2.22. The molecule has 1 aromatic carbocycles. The van der Waals surface area contributed by atoms with Crippen LogP contribution in [0.4, 0.5) is 0 Å².